The standard InChI is InChI=1S/C16H26N2O/c1-4-17-12-14-6-5-11-18(2)16(14)13-7-9-15(19-3)10-8-13/h7-10,14,16-17H,4-6,11-12H2,1-3H3. The van der Waals surface area contributed by atoms with Gasteiger partial charge >= 0.3 is 0 Å². The minimum Gasteiger partial charge on any atom is -0.497 e. The normalized spacial score (nSPS) is 24.4. The van der Waals surface area contributed by atoms with Crippen LogP contribution < -0.4 is 10.1 Å². The quantitative estimate of drug-likeness (QED) is 0.883. The molecule has 1 aromatic rings. The summed E-state index contributed by atoms with van der Waals surface area (Å²) in [6, 6.07) is 9.09. The molecule has 0 bridgehead atoms. The lowest BCUT2D eigenvalue weighted by Gasteiger charge is -2.39. The van der Waals surface area contributed by atoms with Crippen LogP contribution in [-0.4, -0.2) is 38.7 Å². The molecule has 0 amide bonds. The Bertz CT molecular complexity index is 377. The van der Waals surface area contributed by atoms with Gasteiger partial charge in [-0.1, -0.05) is 19.1 Å². The minimum absolute atomic E-state index is 0.527. The lowest BCUT2D eigenvalue weighted by molar-refractivity contribution is 0.120. The molecule has 1 heterocycles. The van der Waals surface area contributed by atoms with Gasteiger partial charge in [0.15, 0.2) is 0 Å². The number of nitrogens with zero attached hydrogens (tertiary/aromatic N) is 1. The van der Waals surface area contributed by atoms with Crippen molar-refractivity contribution in [2.45, 2.75) is 25.8 Å². The number of likely N-dealkylation sites (tertiary alicyclic amines) is 1. The number of hydrogen-bond acceptors (Lipinski definition) is 3. The number of rotatable bonds is 5. The van der Waals surface area contributed by atoms with Gasteiger partial charge in [0.05, 0.1) is 7.11 Å². The summed E-state index contributed by atoms with van der Waals surface area (Å²) in [5.41, 5.74) is 1.41. The molecule has 3 heteroatoms. The first-order valence-corrected chi connectivity index (χ1v) is 7.31. The fourth-order valence-electron chi connectivity index (χ4n) is 3.13. The molecular weight excluding hydrogens is 236 g/mol. The van der Waals surface area contributed by atoms with Crippen molar-refractivity contribution in [1.29, 1.82) is 0 Å². The molecule has 2 unspecified atom stereocenters. The summed E-state index contributed by atoms with van der Waals surface area (Å²) in [6.07, 6.45) is 2.62. The van der Waals surface area contributed by atoms with E-state index in [1.54, 1.807) is 7.11 Å². The highest BCUT2D eigenvalue weighted by Gasteiger charge is 2.29. The van der Waals surface area contributed by atoms with Crippen molar-refractivity contribution in [3.8, 4) is 5.75 Å². The van der Waals surface area contributed by atoms with Gasteiger partial charge in [-0.25, -0.2) is 0 Å². The molecule has 0 aliphatic carbocycles. The second-order valence-electron chi connectivity index (χ2n) is 5.41. The van der Waals surface area contributed by atoms with Gasteiger partial charge in [0.1, 0.15) is 5.75 Å². The Morgan fingerprint density at radius 1 is 1.32 bits per heavy atom. The van der Waals surface area contributed by atoms with Gasteiger partial charge in [-0.2, -0.15) is 0 Å². The molecule has 1 fully saturated rings. The smallest absolute Gasteiger partial charge is 0.118 e. The number of benzene rings is 1. The van der Waals surface area contributed by atoms with E-state index >= 15 is 0 Å². The first-order valence-electron chi connectivity index (χ1n) is 7.31. The van der Waals surface area contributed by atoms with E-state index in [0.29, 0.717) is 12.0 Å². The Morgan fingerprint density at radius 2 is 2.05 bits per heavy atom. The number of nitrogens with one attached hydrogen (secondary N) is 1. The molecule has 1 aliphatic rings. The van der Waals surface area contributed by atoms with E-state index in [-0.39, 0.29) is 0 Å². The van der Waals surface area contributed by atoms with Crippen LogP contribution in [0.25, 0.3) is 0 Å². The van der Waals surface area contributed by atoms with Gasteiger partial charge in [0, 0.05) is 6.04 Å². The van der Waals surface area contributed by atoms with Crippen molar-refractivity contribution in [2.75, 3.05) is 33.8 Å². The molecular formula is C16H26N2O. The van der Waals surface area contributed by atoms with Gasteiger partial charge in [-0.05, 0) is 63.1 Å². The summed E-state index contributed by atoms with van der Waals surface area (Å²) in [5.74, 6) is 1.64. The highest BCUT2D eigenvalue weighted by Crippen LogP contribution is 2.35. The van der Waals surface area contributed by atoms with Gasteiger partial charge in [0.2, 0.25) is 0 Å². The lowest BCUT2D eigenvalue weighted by Crippen LogP contribution is -2.40. The van der Waals surface area contributed by atoms with Crippen molar-refractivity contribution >= 4 is 0 Å². The predicted molar refractivity (Wildman–Crippen MR) is 79.6 cm³/mol. The van der Waals surface area contributed by atoms with Crippen LogP contribution in [0.15, 0.2) is 24.3 Å². The van der Waals surface area contributed by atoms with Crippen molar-refractivity contribution in [1.82, 2.24) is 10.2 Å². The van der Waals surface area contributed by atoms with Crippen LogP contribution in [0.2, 0.25) is 0 Å². The van der Waals surface area contributed by atoms with Gasteiger partial charge in [0.25, 0.3) is 0 Å². The third-order valence-electron chi connectivity index (χ3n) is 4.12. The highest BCUT2D eigenvalue weighted by atomic mass is 16.5. The number of methoxy groups -OCH3 is 1. The zero-order valence-electron chi connectivity index (χ0n) is 12.4. The molecule has 0 saturated carbocycles. The molecule has 1 saturated heterocycles. The van der Waals surface area contributed by atoms with Crippen LogP contribution in [0.5, 0.6) is 5.75 Å². The Balaban J connectivity index is 2.15. The van der Waals surface area contributed by atoms with Crippen molar-refractivity contribution in [3.63, 3.8) is 0 Å². The monoisotopic (exact) mass is 262 g/mol. The van der Waals surface area contributed by atoms with Gasteiger partial charge in [-0.3, -0.25) is 4.90 Å². The van der Waals surface area contributed by atoms with Crippen LogP contribution in [0.3, 0.4) is 0 Å². The third-order valence-corrected chi connectivity index (χ3v) is 4.12. The molecule has 106 valence electrons. The molecule has 0 spiro atoms. The zero-order valence-corrected chi connectivity index (χ0v) is 12.4. The molecule has 19 heavy (non-hydrogen) atoms. The van der Waals surface area contributed by atoms with Gasteiger partial charge in [-0.15, -0.1) is 0 Å². The maximum Gasteiger partial charge on any atom is 0.118 e. The topological polar surface area (TPSA) is 24.5 Å². The summed E-state index contributed by atoms with van der Waals surface area (Å²) in [4.78, 5) is 2.49. The van der Waals surface area contributed by atoms with Crippen LogP contribution in [0.1, 0.15) is 31.4 Å². The fourth-order valence-corrected chi connectivity index (χ4v) is 3.13. The maximum absolute atomic E-state index is 5.25. The predicted octanol–water partition coefficient (Wildman–Crippen LogP) is 2.69. The first-order chi connectivity index (χ1) is 9.26. The van der Waals surface area contributed by atoms with Crippen LogP contribution in [-0.2, 0) is 0 Å². The van der Waals surface area contributed by atoms with Crippen molar-refractivity contribution in [2.24, 2.45) is 5.92 Å². The van der Waals surface area contributed by atoms with Crippen molar-refractivity contribution < 1.29 is 4.74 Å². The van der Waals surface area contributed by atoms with E-state index in [1.807, 2.05) is 0 Å². The molecule has 2 atom stereocenters. The number of piperidine rings is 1. The second kappa shape index (κ2) is 6.92. The Kier molecular flexibility index (Phi) is 5.23. The van der Waals surface area contributed by atoms with Crippen LogP contribution >= 0.6 is 0 Å². The molecule has 1 aliphatic heterocycles. The van der Waals surface area contributed by atoms with E-state index in [0.717, 1.165) is 18.8 Å². The molecule has 1 aromatic carbocycles. The summed E-state index contributed by atoms with van der Waals surface area (Å²) >= 11 is 0. The number of ether oxygens (including phenoxy) is 1. The summed E-state index contributed by atoms with van der Waals surface area (Å²) in [6.45, 7) is 5.53. The second-order valence-corrected chi connectivity index (χ2v) is 5.41. The number of hydrogen-bond donors (Lipinski definition) is 1. The molecule has 0 radical (unpaired) electrons. The fraction of sp³-hybridized carbons (Fsp3) is 0.625. The van der Waals surface area contributed by atoms with Crippen molar-refractivity contribution in [3.05, 3.63) is 29.8 Å². The molecule has 1 N–H and O–H groups in total. The highest BCUT2D eigenvalue weighted by molar-refractivity contribution is 5.29. The first kappa shape index (κ1) is 14.4. The average molecular weight is 262 g/mol. The Hall–Kier alpha value is -1.06. The summed E-state index contributed by atoms with van der Waals surface area (Å²) < 4.78 is 5.25. The van der Waals surface area contributed by atoms with E-state index in [2.05, 4.69) is 48.5 Å². The van der Waals surface area contributed by atoms with E-state index < -0.39 is 0 Å². The minimum atomic E-state index is 0.527. The lowest BCUT2D eigenvalue weighted by atomic mass is 9.85. The van der Waals surface area contributed by atoms with E-state index in [4.69, 9.17) is 4.74 Å². The van der Waals surface area contributed by atoms with Gasteiger partial charge < -0.3 is 10.1 Å². The molecule has 2 rings (SSSR count). The van der Waals surface area contributed by atoms with Crippen LogP contribution in [0, 0.1) is 5.92 Å². The Morgan fingerprint density at radius 3 is 2.68 bits per heavy atom. The molecule has 0 aromatic heterocycles. The summed E-state index contributed by atoms with van der Waals surface area (Å²) in [5, 5.41) is 3.51. The van der Waals surface area contributed by atoms with Crippen LogP contribution in [0.4, 0.5) is 0 Å². The van der Waals surface area contributed by atoms with E-state index in [9.17, 15) is 0 Å². The average Bonchev–Trinajstić information content (AvgIpc) is 2.45. The SMILES string of the molecule is CCNCC1CCCN(C)C1c1ccc(OC)cc1. The zero-order chi connectivity index (χ0) is 13.7. The Labute approximate surface area is 116 Å². The third kappa shape index (κ3) is 3.48. The van der Waals surface area contributed by atoms with E-state index in [1.165, 1.54) is 24.9 Å². The molecule has 3 nitrogen and oxygen atoms in total. The maximum atomic E-state index is 5.25. The summed E-state index contributed by atoms with van der Waals surface area (Å²) in [7, 11) is 3.96. The largest absolute Gasteiger partial charge is 0.497 e.